The molecule has 118 valence electrons. The van der Waals surface area contributed by atoms with E-state index in [0.717, 1.165) is 5.56 Å². The second kappa shape index (κ2) is 8.81. The zero-order valence-electron chi connectivity index (χ0n) is 11.8. The Morgan fingerprint density at radius 1 is 1.29 bits per heavy atom. The molecule has 0 radical (unpaired) electrons. The number of alkyl halides is 3. The number of carbonyl (C=O) groups excluding carboxylic acids is 1. The van der Waals surface area contributed by atoms with Crippen molar-refractivity contribution in [2.75, 3.05) is 13.7 Å². The smallest absolute Gasteiger partial charge is 0.325 e. The van der Waals surface area contributed by atoms with Gasteiger partial charge in [-0.15, -0.1) is 0 Å². The van der Waals surface area contributed by atoms with Crippen LogP contribution < -0.4 is 5.32 Å². The minimum absolute atomic E-state index is 0.305. The molecule has 0 saturated carbocycles. The Bertz CT molecular complexity index is 437. The molecule has 0 unspecified atom stereocenters. The van der Waals surface area contributed by atoms with Crippen LogP contribution in [0.3, 0.4) is 0 Å². The monoisotopic (exact) mass is 353 g/mol. The summed E-state index contributed by atoms with van der Waals surface area (Å²) in [6.45, 7) is 1.87. The molecule has 1 rings (SSSR count). The number of carbonyl (C=O) groups is 1. The first-order chi connectivity index (χ1) is 9.83. The van der Waals surface area contributed by atoms with Crippen molar-refractivity contribution in [3.05, 3.63) is 35.9 Å². The molecule has 0 aliphatic carbocycles. The molecule has 1 aromatic carbocycles. The summed E-state index contributed by atoms with van der Waals surface area (Å²) in [6, 6.07) is 9.03. The third-order valence-electron chi connectivity index (χ3n) is 2.77. The summed E-state index contributed by atoms with van der Waals surface area (Å²) in [5, 5.41) is 2.85. The quantitative estimate of drug-likeness (QED) is 0.604. The molecule has 21 heavy (non-hydrogen) atoms. The summed E-state index contributed by atoms with van der Waals surface area (Å²) >= 11 is 16.6. The van der Waals surface area contributed by atoms with Gasteiger partial charge in [-0.2, -0.15) is 0 Å². The lowest BCUT2D eigenvalue weighted by molar-refractivity contribution is -0.150. The van der Waals surface area contributed by atoms with Gasteiger partial charge in [-0.3, -0.25) is 4.79 Å². The van der Waals surface area contributed by atoms with E-state index >= 15 is 0 Å². The third kappa shape index (κ3) is 7.34. The highest BCUT2D eigenvalue weighted by atomic mass is 35.6. The van der Waals surface area contributed by atoms with Crippen LogP contribution in [0, 0.1) is 0 Å². The fourth-order valence-corrected chi connectivity index (χ4v) is 1.85. The van der Waals surface area contributed by atoms with Gasteiger partial charge in [0.25, 0.3) is 0 Å². The molecular weight excluding hydrogens is 337 g/mol. The van der Waals surface area contributed by atoms with Crippen molar-refractivity contribution in [2.24, 2.45) is 0 Å². The Hall–Kier alpha value is -0.520. The van der Waals surface area contributed by atoms with Crippen LogP contribution in [0.2, 0.25) is 0 Å². The fourth-order valence-electron chi connectivity index (χ4n) is 1.69. The summed E-state index contributed by atoms with van der Waals surface area (Å²) in [5.74, 6) is -0.524. The number of rotatable bonds is 7. The van der Waals surface area contributed by atoms with Gasteiger partial charge in [-0.1, -0.05) is 65.1 Å². The van der Waals surface area contributed by atoms with Crippen LogP contribution in [-0.4, -0.2) is 35.6 Å². The lowest BCUT2D eigenvalue weighted by atomic mass is 10.2. The summed E-state index contributed by atoms with van der Waals surface area (Å²) in [7, 11) is 1.64. The van der Waals surface area contributed by atoms with E-state index in [1.54, 1.807) is 14.0 Å². The van der Waals surface area contributed by atoms with Gasteiger partial charge in [-0.05, 0) is 19.5 Å². The van der Waals surface area contributed by atoms with Gasteiger partial charge in [0.15, 0.2) is 0 Å². The SMILES string of the molecule is CN[C@H](C(=O)OCC(Cl)(Cl)Cl)[C@@H](C)OCc1ccccc1. The Morgan fingerprint density at radius 2 is 1.90 bits per heavy atom. The first-order valence-corrected chi connectivity index (χ1v) is 7.53. The van der Waals surface area contributed by atoms with Crippen molar-refractivity contribution in [1.29, 1.82) is 0 Å². The van der Waals surface area contributed by atoms with Crippen LogP contribution in [0.4, 0.5) is 0 Å². The molecule has 7 heteroatoms. The van der Waals surface area contributed by atoms with Gasteiger partial charge >= 0.3 is 5.97 Å². The number of hydrogen-bond acceptors (Lipinski definition) is 4. The second-order valence-corrected chi connectivity index (χ2v) is 7.01. The van der Waals surface area contributed by atoms with E-state index in [9.17, 15) is 4.79 Å². The molecule has 1 N–H and O–H groups in total. The number of halogens is 3. The average Bonchev–Trinajstić information content (AvgIpc) is 2.44. The van der Waals surface area contributed by atoms with Crippen LogP contribution in [0.1, 0.15) is 12.5 Å². The van der Waals surface area contributed by atoms with Crippen molar-refractivity contribution in [3.8, 4) is 0 Å². The van der Waals surface area contributed by atoms with E-state index < -0.39 is 21.9 Å². The van der Waals surface area contributed by atoms with Crippen molar-refractivity contribution in [2.45, 2.75) is 29.5 Å². The molecule has 0 amide bonds. The largest absolute Gasteiger partial charge is 0.460 e. The molecule has 4 nitrogen and oxygen atoms in total. The minimum atomic E-state index is -1.62. The summed E-state index contributed by atoms with van der Waals surface area (Å²) in [5.41, 5.74) is 1.02. The summed E-state index contributed by atoms with van der Waals surface area (Å²) < 4.78 is 9.00. The lowest BCUT2D eigenvalue weighted by Gasteiger charge is -2.23. The van der Waals surface area contributed by atoms with Crippen LogP contribution in [0.5, 0.6) is 0 Å². The summed E-state index contributed by atoms with van der Waals surface area (Å²) in [4.78, 5) is 11.9. The normalized spacial score (nSPS) is 14.5. The van der Waals surface area contributed by atoms with Crippen LogP contribution in [0.25, 0.3) is 0 Å². The molecule has 0 heterocycles. The molecule has 0 spiro atoms. The number of hydrogen-bond donors (Lipinski definition) is 1. The van der Waals surface area contributed by atoms with Crippen LogP contribution in [-0.2, 0) is 20.9 Å². The number of likely N-dealkylation sites (N-methyl/N-ethyl adjacent to an activating group) is 1. The Morgan fingerprint density at radius 3 is 2.43 bits per heavy atom. The van der Waals surface area contributed by atoms with Gasteiger partial charge < -0.3 is 14.8 Å². The highest BCUT2D eigenvalue weighted by Crippen LogP contribution is 2.26. The Balaban J connectivity index is 2.48. The molecule has 0 fully saturated rings. The molecule has 2 atom stereocenters. The third-order valence-corrected chi connectivity index (χ3v) is 3.10. The number of esters is 1. The molecule has 0 bridgehead atoms. The summed E-state index contributed by atoms with van der Waals surface area (Å²) in [6.07, 6.45) is -0.391. The highest BCUT2D eigenvalue weighted by molar-refractivity contribution is 6.67. The molecular formula is C14H18Cl3NO3. The number of nitrogens with one attached hydrogen (secondary N) is 1. The van der Waals surface area contributed by atoms with Crippen LogP contribution in [0.15, 0.2) is 30.3 Å². The van der Waals surface area contributed by atoms with Crippen molar-refractivity contribution in [3.63, 3.8) is 0 Å². The highest BCUT2D eigenvalue weighted by Gasteiger charge is 2.29. The van der Waals surface area contributed by atoms with Gasteiger partial charge in [0, 0.05) is 0 Å². The zero-order valence-corrected chi connectivity index (χ0v) is 14.1. The molecule has 0 aliphatic heterocycles. The molecule has 1 aromatic rings. The average molecular weight is 355 g/mol. The van der Waals surface area contributed by atoms with Crippen molar-refractivity contribution >= 4 is 40.8 Å². The maximum atomic E-state index is 11.9. The molecule has 0 aliphatic rings. The first kappa shape index (κ1) is 18.5. The fraction of sp³-hybridized carbons (Fsp3) is 0.500. The number of benzene rings is 1. The molecule has 0 aromatic heterocycles. The zero-order chi connectivity index (χ0) is 15.9. The van der Waals surface area contributed by atoms with Crippen molar-refractivity contribution in [1.82, 2.24) is 5.32 Å². The van der Waals surface area contributed by atoms with E-state index in [4.69, 9.17) is 44.3 Å². The first-order valence-electron chi connectivity index (χ1n) is 6.39. The van der Waals surface area contributed by atoms with Gasteiger partial charge in [0.05, 0.1) is 12.7 Å². The van der Waals surface area contributed by atoms with Crippen LogP contribution >= 0.6 is 34.8 Å². The van der Waals surface area contributed by atoms with E-state index in [1.165, 1.54) is 0 Å². The predicted molar refractivity (Wildman–Crippen MR) is 84.8 cm³/mol. The maximum Gasteiger partial charge on any atom is 0.325 e. The predicted octanol–water partition coefficient (Wildman–Crippen LogP) is 3.09. The topological polar surface area (TPSA) is 47.6 Å². The van der Waals surface area contributed by atoms with Gasteiger partial charge in [0.2, 0.25) is 3.79 Å². The Kier molecular flexibility index (Phi) is 7.77. The Labute approximate surface area is 139 Å². The molecule has 0 saturated heterocycles. The van der Waals surface area contributed by atoms with Gasteiger partial charge in [0.1, 0.15) is 12.6 Å². The number of ether oxygens (including phenoxy) is 2. The van der Waals surface area contributed by atoms with Crippen molar-refractivity contribution < 1.29 is 14.3 Å². The second-order valence-electron chi connectivity index (χ2n) is 4.49. The van der Waals surface area contributed by atoms with E-state index in [-0.39, 0.29) is 6.61 Å². The van der Waals surface area contributed by atoms with E-state index in [1.807, 2.05) is 30.3 Å². The van der Waals surface area contributed by atoms with E-state index in [0.29, 0.717) is 6.61 Å². The van der Waals surface area contributed by atoms with E-state index in [2.05, 4.69) is 5.32 Å². The minimum Gasteiger partial charge on any atom is -0.460 e. The standard InChI is InChI=1S/C14H18Cl3NO3/c1-10(20-8-11-6-4-3-5-7-11)12(18-2)13(19)21-9-14(15,16)17/h3-7,10,12,18H,8-9H2,1-2H3/t10-,12+/m1/s1. The van der Waals surface area contributed by atoms with Gasteiger partial charge in [-0.25, -0.2) is 0 Å². The maximum absolute atomic E-state index is 11.9. The lowest BCUT2D eigenvalue weighted by Crippen LogP contribution is -2.45.